The zero-order chi connectivity index (χ0) is 44.4. The highest BCUT2D eigenvalue weighted by atomic mass is 32.1. The van der Waals surface area contributed by atoms with Crippen molar-refractivity contribution in [2.45, 2.75) is 69.2 Å². The van der Waals surface area contributed by atoms with Gasteiger partial charge in [0.25, 0.3) is 0 Å². The van der Waals surface area contributed by atoms with Gasteiger partial charge in [0.1, 0.15) is 29.4 Å². The summed E-state index contributed by atoms with van der Waals surface area (Å²) in [5.74, 6) is 4.47. The summed E-state index contributed by atoms with van der Waals surface area (Å²) in [6.45, 7) is 19.4. The quantitative estimate of drug-likeness (QED) is 0.143. The minimum absolute atomic E-state index is 0.718. The molecule has 0 bridgehead atoms. The Bertz CT molecular complexity index is 1980. The van der Waals surface area contributed by atoms with Gasteiger partial charge in [0.2, 0.25) is 0 Å². The second-order valence-corrected chi connectivity index (χ2v) is 13.6. The van der Waals surface area contributed by atoms with E-state index in [1.165, 1.54) is 11.4 Å². The van der Waals surface area contributed by atoms with E-state index in [0.717, 1.165) is 45.4 Å². The van der Waals surface area contributed by atoms with Crippen LogP contribution in [0.5, 0.6) is 0 Å². The van der Waals surface area contributed by atoms with Gasteiger partial charge in [-0.3, -0.25) is 24.6 Å². The predicted molar refractivity (Wildman–Crippen MR) is 240 cm³/mol. The molecule has 9 aromatic rings. The first-order valence-electron chi connectivity index (χ1n) is 18.9. The summed E-state index contributed by atoms with van der Waals surface area (Å²) in [5.41, 5.74) is 4.53. The molecular formula is C46H60N10O3S. The molecule has 60 heavy (non-hydrogen) atoms. The van der Waals surface area contributed by atoms with E-state index in [4.69, 9.17) is 13.3 Å². The van der Waals surface area contributed by atoms with E-state index in [9.17, 15) is 0 Å². The Hall–Kier alpha value is -6.80. The number of hydrogen-bond acceptors (Lipinski definition) is 12. The van der Waals surface area contributed by atoms with Crippen molar-refractivity contribution in [1.29, 1.82) is 0 Å². The van der Waals surface area contributed by atoms with Gasteiger partial charge in [0, 0.05) is 99.3 Å². The van der Waals surface area contributed by atoms with E-state index in [0.29, 0.717) is 0 Å². The van der Waals surface area contributed by atoms with Crippen LogP contribution in [-0.2, 0) is 14.1 Å². The number of oxazole rings is 1. The summed E-state index contributed by atoms with van der Waals surface area (Å²) in [6, 6.07) is 21.4. The fraction of sp³-hybridized carbons (Fsp3) is 0.261. The summed E-state index contributed by atoms with van der Waals surface area (Å²) in [7, 11) is 3.96. The molecule has 9 rings (SSSR count). The number of nitrogens with zero attached hydrogens (tertiary/aromatic N) is 10. The molecule has 9 aromatic heterocycles. The third kappa shape index (κ3) is 28.6. The van der Waals surface area contributed by atoms with Crippen molar-refractivity contribution in [3.63, 3.8) is 0 Å². The molecule has 0 radical (unpaired) electrons. The molecule has 0 aliphatic rings. The lowest BCUT2D eigenvalue weighted by Gasteiger charge is -1.89. The van der Waals surface area contributed by atoms with Gasteiger partial charge in [-0.05, 0) is 123 Å². The average molecular weight is 833 g/mol. The molecule has 14 heteroatoms. The van der Waals surface area contributed by atoms with Gasteiger partial charge in [-0.2, -0.15) is 5.10 Å². The van der Waals surface area contributed by atoms with Crippen LogP contribution >= 0.6 is 11.3 Å². The minimum Gasteiger partial charge on any atom is -0.470 e. The summed E-state index contributed by atoms with van der Waals surface area (Å²) < 4.78 is 18.6. The van der Waals surface area contributed by atoms with Crippen molar-refractivity contribution in [2.24, 2.45) is 14.1 Å². The van der Waals surface area contributed by atoms with Crippen LogP contribution in [-0.4, -0.2) is 49.2 Å². The number of furan rings is 2. The number of thiazole rings is 1. The van der Waals surface area contributed by atoms with Crippen LogP contribution < -0.4 is 0 Å². The van der Waals surface area contributed by atoms with Crippen molar-refractivity contribution in [2.75, 3.05) is 0 Å². The van der Waals surface area contributed by atoms with Crippen LogP contribution in [0.3, 0.4) is 0 Å². The number of aryl methyl sites for hydroxylation is 12. The van der Waals surface area contributed by atoms with Crippen molar-refractivity contribution >= 4 is 11.3 Å². The summed E-state index contributed by atoms with van der Waals surface area (Å²) >= 11 is 1.67. The molecule has 318 valence electrons. The summed E-state index contributed by atoms with van der Waals surface area (Å²) in [5, 5.41) is 7.03. The van der Waals surface area contributed by atoms with Gasteiger partial charge in [0.15, 0.2) is 5.89 Å². The highest BCUT2D eigenvalue weighted by molar-refractivity contribution is 7.09. The second kappa shape index (κ2) is 32.2. The Balaban J connectivity index is 0.000000338. The summed E-state index contributed by atoms with van der Waals surface area (Å²) in [4.78, 5) is 27.1. The zero-order valence-electron chi connectivity index (χ0n) is 37.0. The molecule has 0 N–H and O–H groups in total. The van der Waals surface area contributed by atoms with Gasteiger partial charge >= 0.3 is 0 Å². The topological polar surface area (TPSA) is 152 Å². The molecule has 0 atom stereocenters. The van der Waals surface area contributed by atoms with Crippen molar-refractivity contribution in [3.05, 3.63) is 203 Å². The van der Waals surface area contributed by atoms with Crippen molar-refractivity contribution < 1.29 is 13.3 Å². The van der Waals surface area contributed by atoms with Crippen LogP contribution in [0, 0.1) is 69.2 Å². The molecule has 0 fully saturated rings. The smallest absolute Gasteiger partial charge is 0.190 e. The Kier molecular flexibility index (Phi) is 27.5. The average Bonchev–Trinajstić information content (AvgIpc) is 4.13. The summed E-state index contributed by atoms with van der Waals surface area (Å²) in [6.07, 6.45) is 20.8. The van der Waals surface area contributed by atoms with E-state index >= 15 is 0 Å². The first-order valence-corrected chi connectivity index (χ1v) is 19.8. The normalized spacial score (nSPS) is 9.00. The monoisotopic (exact) mass is 832 g/mol. The molecule has 0 unspecified atom stereocenters. The fourth-order valence-corrected chi connectivity index (χ4v) is 4.13. The maximum Gasteiger partial charge on any atom is 0.190 e. The first-order chi connectivity index (χ1) is 28.8. The largest absolute Gasteiger partial charge is 0.470 e. The Morgan fingerprint density at radius 1 is 0.500 bits per heavy atom. The first kappa shape index (κ1) is 51.2. The van der Waals surface area contributed by atoms with Crippen LogP contribution in [0.25, 0.3) is 0 Å². The molecule has 0 spiro atoms. The van der Waals surface area contributed by atoms with Gasteiger partial charge in [0.05, 0.1) is 23.2 Å². The molecule has 0 amide bonds. The van der Waals surface area contributed by atoms with E-state index < -0.39 is 0 Å². The minimum atomic E-state index is 0.718. The second-order valence-electron chi connectivity index (χ2n) is 12.5. The number of rotatable bonds is 0. The molecule has 0 aliphatic carbocycles. The maximum absolute atomic E-state index is 5.08. The molecule has 9 heterocycles. The third-order valence-corrected chi connectivity index (χ3v) is 7.82. The molecular weight excluding hydrogens is 773 g/mol. The standard InChI is InChI=1S/C6H9N.C6H7N.C6H8O.C5H8N2.2C5H6N2.C5H6O.C4H5NO.C4H5NS/c1-6-4-3-5-7(6)2;1-6-4-2-3-5-7-6;1-5-3-4-6(2)7-5;1-5-3-4-6-7(5)2;1-5-4-6-2-3-7-5;1-5-6-3-2-4-7-5;1-5-3-2-4-6-5;2*1-4-5-2-3-6-4/h3-5H,1-2H3;2-5H,1H3;2*3-4H,1-2H3;2*2-4H,1H3;2-4H,1H3;2*2-3H,1H3. The van der Waals surface area contributed by atoms with Crippen LogP contribution in [0.15, 0.2) is 160 Å². The van der Waals surface area contributed by atoms with Gasteiger partial charge < -0.3 is 17.8 Å². The lowest BCUT2D eigenvalue weighted by atomic mass is 10.4. The van der Waals surface area contributed by atoms with Crippen LogP contribution in [0.2, 0.25) is 0 Å². The molecule has 0 aromatic carbocycles. The lowest BCUT2D eigenvalue weighted by Crippen LogP contribution is -1.90. The molecule has 0 saturated carbocycles. The highest BCUT2D eigenvalue weighted by Crippen LogP contribution is 2.02. The molecule has 0 aliphatic heterocycles. The van der Waals surface area contributed by atoms with Gasteiger partial charge in [-0.1, -0.05) is 6.07 Å². The maximum atomic E-state index is 5.08. The van der Waals surface area contributed by atoms with Crippen LogP contribution in [0.1, 0.15) is 56.8 Å². The highest BCUT2D eigenvalue weighted by Gasteiger charge is 1.86. The van der Waals surface area contributed by atoms with E-state index in [1.807, 2.05) is 140 Å². The Morgan fingerprint density at radius 3 is 1.40 bits per heavy atom. The number of hydrogen-bond donors (Lipinski definition) is 0. The Labute approximate surface area is 359 Å². The number of pyridine rings is 1. The SMILES string of the molecule is Cc1ccc(C)o1.Cc1ccccn1.Cc1cccn1C.Cc1ccco1.Cc1ccnn1C.Cc1cnccn1.Cc1ncccn1.Cc1ncco1.Cc1nccs1. The lowest BCUT2D eigenvalue weighted by molar-refractivity contribution is 0.504. The van der Waals surface area contributed by atoms with E-state index in [2.05, 4.69) is 57.5 Å². The van der Waals surface area contributed by atoms with Gasteiger partial charge in [-0.25, -0.2) is 15.0 Å². The van der Waals surface area contributed by atoms with E-state index in [-0.39, 0.29) is 0 Å². The predicted octanol–water partition coefficient (Wildman–Crippen LogP) is 10.9. The van der Waals surface area contributed by atoms with E-state index in [1.54, 1.807) is 92.6 Å². The van der Waals surface area contributed by atoms with Crippen molar-refractivity contribution in [1.82, 2.24) is 49.2 Å². The number of aromatic nitrogens is 10. The molecule has 0 saturated heterocycles. The van der Waals surface area contributed by atoms with Crippen molar-refractivity contribution in [3.8, 4) is 0 Å². The van der Waals surface area contributed by atoms with Gasteiger partial charge in [-0.15, -0.1) is 11.3 Å². The fourth-order valence-electron chi connectivity index (χ4n) is 3.69. The third-order valence-electron chi connectivity index (χ3n) is 7.12. The Morgan fingerprint density at radius 2 is 1.20 bits per heavy atom. The zero-order valence-corrected chi connectivity index (χ0v) is 37.8. The molecule has 13 nitrogen and oxygen atoms in total. The van der Waals surface area contributed by atoms with Crippen LogP contribution in [0.4, 0.5) is 0 Å².